The van der Waals surface area contributed by atoms with Gasteiger partial charge in [-0.25, -0.2) is 0 Å². The molecule has 1 aliphatic heterocycles. The Balaban J connectivity index is 2.06. The van der Waals surface area contributed by atoms with Crippen molar-refractivity contribution < 1.29 is 9.53 Å². The summed E-state index contributed by atoms with van der Waals surface area (Å²) in [7, 11) is 0. The van der Waals surface area contributed by atoms with Crippen LogP contribution in [0, 0.1) is 11.8 Å². The third kappa shape index (κ3) is 1.35. The smallest absolute Gasteiger partial charge is 0.309 e. The van der Waals surface area contributed by atoms with Crippen LogP contribution in [0.1, 0.15) is 39.0 Å². The fourth-order valence-corrected chi connectivity index (χ4v) is 2.56. The molecule has 0 radical (unpaired) electrons. The van der Waals surface area contributed by atoms with Crippen LogP contribution in [0.15, 0.2) is 0 Å². The Morgan fingerprint density at radius 3 is 2.92 bits per heavy atom. The monoisotopic (exact) mass is 168 g/mol. The summed E-state index contributed by atoms with van der Waals surface area (Å²) in [5.74, 6) is 0.948. The van der Waals surface area contributed by atoms with Gasteiger partial charge in [0.15, 0.2) is 0 Å². The average Bonchev–Trinajstić information content (AvgIpc) is 2.04. The van der Waals surface area contributed by atoms with Gasteiger partial charge in [0.1, 0.15) is 0 Å². The van der Waals surface area contributed by atoms with Crippen LogP contribution in [-0.2, 0) is 9.53 Å². The molecule has 2 rings (SSSR count). The van der Waals surface area contributed by atoms with E-state index in [2.05, 4.69) is 0 Å². The van der Waals surface area contributed by atoms with Crippen molar-refractivity contribution in [2.75, 3.05) is 0 Å². The second-order valence-electron chi connectivity index (χ2n) is 4.13. The third-order valence-electron chi connectivity index (χ3n) is 3.16. The molecule has 3 atom stereocenters. The predicted molar refractivity (Wildman–Crippen MR) is 45.6 cm³/mol. The molecule has 0 spiro atoms. The van der Waals surface area contributed by atoms with Gasteiger partial charge in [-0.05, 0) is 32.1 Å². The molecular weight excluding hydrogens is 152 g/mol. The standard InChI is InChI=1S/C10H16O2/c1-7-6-8-4-2-3-5-9(8)10(11)12-7/h7-9H,2-6H2,1H3/t7-,8+,9+/m0/s1. The molecular formula is C10H16O2. The van der Waals surface area contributed by atoms with Gasteiger partial charge in [-0.3, -0.25) is 4.79 Å². The number of fused-ring (bicyclic) bond motifs is 1. The molecule has 0 amide bonds. The number of ether oxygens (including phenoxy) is 1. The molecule has 2 nitrogen and oxygen atoms in total. The van der Waals surface area contributed by atoms with E-state index in [1.54, 1.807) is 0 Å². The van der Waals surface area contributed by atoms with Crippen LogP contribution < -0.4 is 0 Å². The van der Waals surface area contributed by atoms with Crippen LogP contribution in [-0.4, -0.2) is 12.1 Å². The first-order chi connectivity index (χ1) is 5.77. The SMILES string of the molecule is C[C@H]1C[C@H]2CCCC[C@H]2C(=O)O1. The fraction of sp³-hybridized carbons (Fsp3) is 0.900. The summed E-state index contributed by atoms with van der Waals surface area (Å²) in [5.41, 5.74) is 0. The van der Waals surface area contributed by atoms with Crippen LogP contribution in [0.25, 0.3) is 0 Å². The van der Waals surface area contributed by atoms with Crippen molar-refractivity contribution in [1.82, 2.24) is 0 Å². The minimum atomic E-state index is 0.0680. The van der Waals surface area contributed by atoms with E-state index in [-0.39, 0.29) is 18.0 Å². The van der Waals surface area contributed by atoms with E-state index < -0.39 is 0 Å². The van der Waals surface area contributed by atoms with Crippen molar-refractivity contribution in [2.24, 2.45) is 11.8 Å². The number of cyclic esters (lactones) is 1. The van der Waals surface area contributed by atoms with E-state index in [1.165, 1.54) is 19.3 Å². The minimum Gasteiger partial charge on any atom is -0.462 e. The van der Waals surface area contributed by atoms with Crippen LogP contribution in [0.2, 0.25) is 0 Å². The summed E-state index contributed by atoms with van der Waals surface area (Å²) in [4.78, 5) is 11.4. The second-order valence-corrected chi connectivity index (χ2v) is 4.13. The Labute approximate surface area is 73.3 Å². The largest absolute Gasteiger partial charge is 0.462 e. The van der Waals surface area contributed by atoms with Gasteiger partial charge in [0.25, 0.3) is 0 Å². The zero-order valence-electron chi connectivity index (χ0n) is 7.58. The van der Waals surface area contributed by atoms with Crippen LogP contribution in [0.5, 0.6) is 0 Å². The van der Waals surface area contributed by atoms with Gasteiger partial charge in [-0.15, -0.1) is 0 Å². The highest BCUT2D eigenvalue weighted by molar-refractivity contribution is 5.73. The molecule has 0 N–H and O–H groups in total. The lowest BCUT2D eigenvalue weighted by molar-refractivity contribution is -0.165. The molecule has 68 valence electrons. The molecule has 0 aromatic carbocycles. The van der Waals surface area contributed by atoms with E-state index >= 15 is 0 Å². The molecule has 0 aromatic rings. The van der Waals surface area contributed by atoms with Gasteiger partial charge >= 0.3 is 5.97 Å². The molecule has 12 heavy (non-hydrogen) atoms. The first-order valence-corrected chi connectivity index (χ1v) is 4.98. The number of hydrogen-bond donors (Lipinski definition) is 0. The van der Waals surface area contributed by atoms with Crippen LogP contribution in [0.4, 0.5) is 0 Å². The van der Waals surface area contributed by atoms with Crippen molar-refractivity contribution in [3.63, 3.8) is 0 Å². The number of carbonyl (C=O) groups is 1. The Hall–Kier alpha value is -0.530. The van der Waals surface area contributed by atoms with E-state index in [9.17, 15) is 4.79 Å². The second kappa shape index (κ2) is 3.08. The maximum absolute atomic E-state index is 11.4. The van der Waals surface area contributed by atoms with Gasteiger partial charge in [-0.1, -0.05) is 12.8 Å². The minimum absolute atomic E-state index is 0.0680. The van der Waals surface area contributed by atoms with Crippen molar-refractivity contribution in [1.29, 1.82) is 0 Å². The Bertz CT molecular complexity index is 188. The highest BCUT2D eigenvalue weighted by Gasteiger charge is 2.37. The number of esters is 1. The van der Waals surface area contributed by atoms with E-state index in [0.717, 1.165) is 12.8 Å². The average molecular weight is 168 g/mol. The molecule has 1 saturated carbocycles. The van der Waals surface area contributed by atoms with Gasteiger partial charge in [0.05, 0.1) is 12.0 Å². The Morgan fingerprint density at radius 1 is 1.33 bits per heavy atom. The summed E-state index contributed by atoms with van der Waals surface area (Å²) < 4.78 is 5.22. The van der Waals surface area contributed by atoms with Crippen molar-refractivity contribution in [2.45, 2.75) is 45.1 Å². The first kappa shape index (κ1) is 8.09. The Kier molecular flexibility index (Phi) is 2.07. The summed E-state index contributed by atoms with van der Waals surface area (Å²) in [6.07, 6.45) is 6.08. The van der Waals surface area contributed by atoms with Crippen molar-refractivity contribution in [3.05, 3.63) is 0 Å². The van der Waals surface area contributed by atoms with E-state index in [1.807, 2.05) is 6.92 Å². The zero-order chi connectivity index (χ0) is 8.55. The Morgan fingerprint density at radius 2 is 2.08 bits per heavy atom. The van der Waals surface area contributed by atoms with Gasteiger partial charge in [0.2, 0.25) is 0 Å². The lowest BCUT2D eigenvalue weighted by Crippen LogP contribution is -2.38. The number of hydrogen-bond acceptors (Lipinski definition) is 2. The topological polar surface area (TPSA) is 26.3 Å². The highest BCUT2D eigenvalue weighted by atomic mass is 16.5. The molecule has 2 aliphatic rings. The maximum Gasteiger partial charge on any atom is 0.309 e. The number of carbonyl (C=O) groups excluding carboxylic acids is 1. The lowest BCUT2D eigenvalue weighted by atomic mass is 9.75. The maximum atomic E-state index is 11.4. The van der Waals surface area contributed by atoms with E-state index in [0.29, 0.717) is 5.92 Å². The van der Waals surface area contributed by atoms with Gasteiger partial charge in [-0.2, -0.15) is 0 Å². The zero-order valence-corrected chi connectivity index (χ0v) is 7.58. The van der Waals surface area contributed by atoms with Crippen LogP contribution in [0.3, 0.4) is 0 Å². The van der Waals surface area contributed by atoms with Crippen LogP contribution >= 0.6 is 0 Å². The molecule has 1 heterocycles. The number of rotatable bonds is 0. The summed E-state index contributed by atoms with van der Waals surface area (Å²) in [6.45, 7) is 2.00. The molecule has 0 unspecified atom stereocenters. The third-order valence-corrected chi connectivity index (χ3v) is 3.16. The van der Waals surface area contributed by atoms with E-state index in [4.69, 9.17) is 4.74 Å². The first-order valence-electron chi connectivity index (χ1n) is 4.98. The quantitative estimate of drug-likeness (QED) is 0.518. The molecule has 2 fully saturated rings. The molecule has 1 saturated heterocycles. The molecule has 1 aliphatic carbocycles. The molecule has 0 aromatic heterocycles. The van der Waals surface area contributed by atoms with Gasteiger partial charge < -0.3 is 4.74 Å². The predicted octanol–water partition coefficient (Wildman–Crippen LogP) is 2.13. The summed E-state index contributed by atoms with van der Waals surface area (Å²) in [5, 5.41) is 0. The van der Waals surface area contributed by atoms with Crippen molar-refractivity contribution in [3.8, 4) is 0 Å². The van der Waals surface area contributed by atoms with Crippen molar-refractivity contribution >= 4 is 5.97 Å². The summed E-state index contributed by atoms with van der Waals surface area (Å²) >= 11 is 0. The highest BCUT2D eigenvalue weighted by Crippen LogP contribution is 2.37. The molecule has 2 heteroatoms. The molecule has 0 bridgehead atoms. The normalized spacial score (nSPS) is 41.8. The summed E-state index contributed by atoms with van der Waals surface area (Å²) in [6, 6.07) is 0. The lowest BCUT2D eigenvalue weighted by Gasteiger charge is -2.36. The van der Waals surface area contributed by atoms with Gasteiger partial charge in [0, 0.05) is 0 Å². The fourth-order valence-electron chi connectivity index (χ4n) is 2.56.